The largest absolute Gasteiger partial charge is 0.342 e. The quantitative estimate of drug-likeness (QED) is 0.594. The van der Waals surface area contributed by atoms with Crippen LogP contribution < -0.4 is 0 Å². The van der Waals surface area contributed by atoms with Crippen molar-refractivity contribution in [3.8, 4) is 0 Å². The minimum Gasteiger partial charge on any atom is -0.342 e. The van der Waals surface area contributed by atoms with Gasteiger partial charge in [-0.15, -0.1) is 11.3 Å². The van der Waals surface area contributed by atoms with E-state index in [9.17, 15) is 4.79 Å². The summed E-state index contributed by atoms with van der Waals surface area (Å²) < 4.78 is 1.26. The van der Waals surface area contributed by atoms with Crippen molar-refractivity contribution in [3.63, 3.8) is 0 Å². The van der Waals surface area contributed by atoms with Gasteiger partial charge in [0.1, 0.15) is 0 Å². The van der Waals surface area contributed by atoms with Crippen molar-refractivity contribution in [1.29, 1.82) is 0 Å². The van der Waals surface area contributed by atoms with Gasteiger partial charge in [-0.05, 0) is 55.5 Å². The van der Waals surface area contributed by atoms with Crippen molar-refractivity contribution >= 4 is 39.1 Å². The Balaban J connectivity index is 1.29. The molecule has 0 unspecified atom stereocenters. The second-order valence-electron chi connectivity index (χ2n) is 7.68. The molecule has 2 fully saturated rings. The molecule has 2 aromatic carbocycles. The lowest BCUT2D eigenvalue weighted by molar-refractivity contribution is -0.135. The van der Waals surface area contributed by atoms with Gasteiger partial charge in [-0.3, -0.25) is 4.79 Å². The van der Waals surface area contributed by atoms with Crippen LogP contribution >= 0.6 is 22.9 Å². The Morgan fingerprint density at radius 3 is 2.44 bits per heavy atom. The highest BCUT2D eigenvalue weighted by atomic mass is 35.5. The Hall–Kier alpha value is -1.91. The summed E-state index contributed by atoms with van der Waals surface area (Å²) >= 11 is 7.82. The first-order valence-corrected chi connectivity index (χ1v) is 10.8. The minimum absolute atomic E-state index is 0.298. The molecule has 1 saturated carbocycles. The normalized spacial score (nSPS) is 19.4. The summed E-state index contributed by atoms with van der Waals surface area (Å²) in [6, 6.07) is 16.1. The number of fused-ring (bicyclic) bond motifs is 1. The lowest BCUT2D eigenvalue weighted by atomic mass is 9.91. The molecule has 0 bridgehead atoms. The first kappa shape index (κ1) is 17.2. The van der Waals surface area contributed by atoms with E-state index in [1.807, 2.05) is 30.3 Å². The third kappa shape index (κ3) is 3.05. The van der Waals surface area contributed by atoms with Crippen LogP contribution in [0.1, 0.15) is 42.2 Å². The molecule has 3 nitrogen and oxygen atoms in total. The maximum Gasteiger partial charge on any atom is 0.233 e. The van der Waals surface area contributed by atoms with Crippen LogP contribution in [-0.4, -0.2) is 28.9 Å². The summed E-state index contributed by atoms with van der Waals surface area (Å²) in [7, 11) is 0. The lowest BCUT2D eigenvalue weighted by Gasteiger charge is -2.34. The van der Waals surface area contributed by atoms with Crippen LogP contribution in [0.15, 0.2) is 48.5 Å². The molecule has 1 aliphatic heterocycles. The highest BCUT2D eigenvalue weighted by Crippen LogP contribution is 2.50. The zero-order chi connectivity index (χ0) is 18.4. The molecule has 138 valence electrons. The number of benzene rings is 2. The molecule has 0 spiro atoms. The van der Waals surface area contributed by atoms with Crippen LogP contribution in [0.3, 0.4) is 0 Å². The molecule has 0 atom stereocenters. The summed E-state index contributed by atoms with van der Waals surface area (Å²) in [6.45, 7) is 1.66. The average molecular weight is 397 g/mol. The summed E-state index contributed by atoms with van der Waals surface area (Å²) in [4.78, 5) is 20.1. The Labute approximate surface area is 168 Å². The predicted octanol–water partition coefficient (Wildman–Crippen LogP) is 5.39. The van der Waals surface area contributed by atoms with Crippen molar-refractivity contribution in [2.45, 2.75) is 37.0 Å². The van der Waals surface area contributed by atoms with Gasteiger partial charge >= 0.3 is 0 Å². The van der Waals surface area contributed by atoms with E-state index in [4.69, 9.17) is 16.6 Å². The molecule has 1 saturated heterocycles. The first-order valence-electron chi connectivity index (χ1n) is 9.57. The number of para-hydroxylation sites is 1. The van der Waals surface area contributed by atoms with E-state index in [0.29, 0.717) is 11.8 Å². The number of thiazole rings is 1. The van der Waals surface area contributed by atoms with Crippen molar-refractivity contribution < 1.29 is 4.79 Å². The maximum atomic E-state index is 13.2. The topological polar surface area (TPSA) is 33.2 Å². The number of aromatic nitrogens is 1. The van der Waals surface area contributed by atoms with Gasteiger partial charge in [0.05, 0.1) is 20.6 Å². The number of rotatable bonds is 3. The zero-order valence-electron chi connectivity index (χ0n) is 15.0. The SMILES string of the molecule is O=C(N1CCC(c2nc3ccccc3s2)CC1)C1(c2ccc(Cl)cc2)CC1. The number of hydrogen-bond donors (Lipinski definition) is 0. The average Bonchev–Trinajstić information content (AvgIpc) is 3.40. The number of hydrogen-bond acceptors (Lipinski definition) is 3. The standard InChI is InChI=1S/C22H21ClN2OS/c23-17-7-5-16(6-8-17)22(11-12-22)21(26)25-13-9-15(10-14-25)20-24-18-3-1-2-4-19(18)27-20/h1-8,15H,9-14H2. The molecular formula is C22H21ClN2OS. The molecule has 5 heteroatoms. The van der Waals surface area contributed by atoms with E-state index in [0.717, 1.165) is 54.9 Å². The highest BCUT2D eigenvalue weighted by molar-refractivity contribution is 7.18. The van der Waals surface area contributed by atoms with E-state index >= 15 is 0 Å². The van der Waals surface area contributed by atoms with Gasteiger partial charge in [0, 0.05) is 24.0 Å². The summed E-state index contributed by atoms with van der Waals surface area (Å²) in [5, 5.41) is 1.95. The number of carbonyl (C=O) groups excluding carboxylic acids is 1. The van der Waals surface area contributed by atoms with Gasteiger partial charge in [-0.2, -0.15) is 0 Å². The Kier molecular flexibility index (Phi) is 4.21. The van der Waals surface area contributed by atoms with E-state index in [1.165, 1.54) is 9.71 Å². The number of carbonyl (C=O) groups is 1. The number of likely N-dealkylation sites (tertiary alicyclic amines) is 1. The number of piperidine rings is 1. The van der Waals surface area contributed by atoms with Crippen LogP contribution in [0.4, 0.5) is 0 Å². The Morgan fingerprint density at radius 1 is 1.07 bits per heavy atom. The number of amides is 1. The van der Waals surface area contributed by atoms with E-state index in [1.54, 1.807) is 11.3 Å². The van der Waals surface area contributed by atoms with Gasteiger partial charge in [0.15, 0.2) is 0 Å². The fourth-order valence-electron chi connectivity index (χ4n) is 4.22. The predicted molar refractivity (Wildman–Crippen MR) is 111 cm³/mol. The highest BCUT2D eigenvalue weighted by Gasteiger charge is 2.53. The molecule has 0 radical (unpaired) electrons. The summed E-state index contributed by atoms with van der Waals surface area (Å²) in [6.07, 6.45) is 3.90. The van der Waals surface area contributed by atoms with Crippen molar-refractivity contribution in [2.75, 3.05) is 13.1 Å². The summed E-state index contributed by atoms with van der Waals surface area (Å²) in [5.74, 6) is 0.768. The van der Waals surface area contributed by atoms with E-state index < -0.39 is 0 Å². The number of nitrogens with zero attached hydrogens (tertiary/aromatic N) is 2. The second-order valence-corrected chi connectivity index (χ2v) is 9.17. The van der Waals surface area contributed by atoms with Gasteiger partial charge in [0.25, 0.3) is 0 Å². The van der Waals surface area contributed by atoms with E-state index in [2.05, 4.69) is 23.1 Å². The molecule has 2 aliphatic rings. The molecule has 1 aromatic heterocycles. The molecule has 5 rings (SSSR count). The molecule has 1 aliphatic carbocycles. The Bertz CT molecular complexity index is 952. The molecule has 27 heavy (non-hydrogen) atoms. The first-order chi connectivity index (χ1) is 13.2. The van der Waals surface area contributed by atoms with Crippen molar-refractivity contribution in [1.82, 2.24) is 9.88 Å². The zero-order valence-corrected chi connectivity index (χ0v) is 16.6. The van der Waals surface area contributed by atoms with Gasteiger partial charge in [0.2, 0.25) is 5.91 Å². The Morgan fingerprint density at radius 2 is 1.78 bits per heavy atom. The van der Waals surface area contributed by atoms with Crippen LogP contribution in [-0.2, 0) is 10.2 Å². The molecule has 3 aromatic rings. The lowest BCUT2D eigenvalue weighted by Crippen LogP contribution is -2.43. The third-order valence-corrected chi connectivity index (χ3v) is 7.45. The molecular weight excluding hydrogens is 376 g/mol. The third-order valence-electron chi connectivity index (χ3n) is 6.00. The van der Waals surface area contributed by atoms with Crippen molar-refractivity contribution in [3.05, 3.63) is 64.1 Å². The second kappa shape index (κ2) is 6.61. The fraction of sp³-hybridized carbons (Fsp3) is 0.364. The maximum absolute atomic E-state index is 13.2. The van der Waals surface area contributed by atoms with Crippen LogP contribution in [0, 0.1) is 0 Å². The number of halogens is 1. The van der Waals surface area contributed by atoms with Gasteiger partial charge in [-0.1, -0.05) is 35.9 Å². The molecule has 0 N–H and O–H groups in total. The van der Waals surface area contributed by atoms with Crippen LogP contribution in [0.25, 0.3) is 10.2 Å². The smallest absolute Gasteiger partial charge is 0.233 e. The van der Waals surface area contributed by atoms with E-state index in [-0.39, 0.29) is 5.41 Å². The van der Waals surface area contributed by atoms with Crippen molar-refractivity contribution in [2.24, 2.45) is 0 Å². The minimum atomic E-state index is -0.298. The van der Waals surface area contributed by atoms with Gasteiger partial charge in [-0.25, -0.2) is 4.98 Å². The molecule has 2 heterocycles. The summed E-state index contributed by atoms with van der Waals surface area (Å²) in [5.41, 5.74) is 1.91. The van der Waals surface area contributed by atoms with Crippen LogP contribution in [0.2, 0.25) is 5.02 Å². The van der Waals surface area contributed by atoms with Gasteiger partial charge < -0.3 is 4.90 Å². The molecule has 1 amide bonds. The monoisotopic (exact) mass is 396 g/mol. The van der Waals surface area contributed by atoms with Crippen LogP contribution in [0.5, 0.6) is 0 Å². The fourth-order valence-corrected chi connectivity index (χ4v) is 5.48.